The molecule has 0 fully saturated rings. The molecule has 0 aliphatic carbocycles. The van der Waals surface area contributed by atoms with Gasteiger partial charge in [-0.3, -0.25) is 4.90 Å². The van der Waals surface area contributed by atoms with Crippen LogP contribution >= 0.6 is 0 Å². The predicted molar refractivity (Wildman–Crippen MR) is 82.6 cm³/mol. The van der Waals surface area contributed by atoms with E-state index in [4.69, 9.17) is 0 Å². The lowest BCUT2D eigenvalue weighted by Gasteiger charge is -2.21. The molecule has 0 atom stereocenters. The van der Waals surface area contributed by atoms with Crippen molar-refractivity contribution in [1.82, 2.24) is 10.2 Å². The van der Waals surface area contributed by atoms with Gasteiger partial charge in [-0.2, -0.15) is 0 Å². The number of nitrogens with one attached hydrogen (secondary N) is 1. The second-order valence-corrected chi connectivity index (χ2v) is 5.47. The van der Waals surface area contributed by atoms with E-state index in [0.717, 1.165) is 32.7 Å². The summed E-state index contributed by atoms with van der Waals surface area (Å²) in [6.07, 6.45) is 3.53. The standard InChI is InChI=1S/C17H26N2/c1-3-10-18-13-15(2)14-19-11-8-16-6-4-5-7-17(16)9-12-19/h4-7,18H,2-3,8-14H2,1H3. The van der Waals surface area contributed by atoms with Crippen molar-refractivity contribution in [3.8, 4) is 0 Å². The number of hydrogen-bond acceptors (Lipinski definition) is 2. The first kappa shape index (κ1) is 14.3. The predicted octanol–water partition coefficient (Wildman–Crippen LogP) is 2.64. The molecule has 0 amide bonds. The Morgan fingerprint density at radius 2 is 1.84 bits per heavy atom. The highest BCUT2D eigenvalue weighted by atomic mass is 15.1. The van der Waals surface area contributed by atoms with E-state index >= 15 is 0 Å². The fourth-order valence-electron chi connectivity index (χ4n) is 2.69. The molecule has 1 aliphatic heterocycles. The summed E-state index contributed by atoms with van der Waals surface area (Å²) in [7, 11) is 0. The van der Waals surface area contributed by atoms with Gasteiger partial charge in [0.15, 0.2) is 0 Å². The molecule has 2 nitrogen and oxygen atoms in total. The molecule has 1 aromatic rings. The Hall–Kier alpha value is -1.12. The van der Waals surface area contributed by atoms with Gasteiger partial charge >= 0.3 is 0 Å². The molecule has 0 radical (unpaired) electrons. The largest absolute Gasteiger partial charge is 0.313 e. The molecule has 0 saturated carbocycles. The summed E-state index contributed by atoms with van der Waals surface area (Å²) >= 11 is 0. The van der Waals surface area contributed by atoms with Crippen molar-refractivity contribution in [3.05, 3.63) is 47.5 Å². The Kier molecular flexibility index (Phi) is 5.62. The quantitative estimate of drug-likeness (QED) is 0.623. The topological polar surface area (TPSA) is 15.3 Å². The van der Waals surface area contributed by atoms with Crippen LogP contribution in [0.1, 0.15) is 24.5 Å². The maximum atomic E-state index is 4.20. The van der Waals surface area contributed by atoms with Gasteiger partial charge < -0.3 is 5.32 Å². The number of nitrogens with zero attached hydrogens (tertiary/aromatic N) is 1. The Morgan fingerprint density at radius 3 is 2.42 bits per heavy atom. The van der Waals surface area contributed by atoms with E-state index in [-0.39, 0.29) is 0 Å². The third-order valence-corrected chi connectivity index (χ3v) is 3.76. The summed E-state index contributed by atoms with van der Waals surface area (Å²) in [5.41, 5.74) is 4.36. The van der Waals surface area contributed by atoms with Gasteiger partial charge in [-0.15, -0.1) is 0 Å². The first-order valence-electron chi connectivity index (χ1n) is 7.46. The molecule has 104 valence electrons. The lowest BCUT2D eigenvalue weighted by Crippen LogP contribution is -2.31. The number of hydrogen-bond donors (Lipinski definition) is 1. The average Bonchev–Trinajstić information content (AvgIpc) is 2.62. The second-order valence-electron chi connectivity index (χ2n) is 5.47. The van der Waals surface area contributed by atoms with Crippen molar-refractivity contribution in [2.45, 2.75) is 26.2 Å². The Balaban J connectivity index is 1.80. The first-order valence-corrected chi connectivity index (χ1v) is 7.46. The van der Waals surface area contributed by atoms with Crippen LogP contribution in [0.25, 0.3) is 0 Å². The molecule has 1 aromatic carbocycles. The van der Waals surface area contributed by atoms with Gasteiger partial charge in [-0.05, 0) is 42.5 Å². The molecule has 1 heterocycles. The van der Waals surface area contributed by atoms with Gasteiger partial charge in [0.2, 0.25) is 0 Å². The van der Waals surface area contributed by atoms with E-state index in [1.165, 1.54) is 36.0 Å². The SMILES string of the molecule is C=C(CNCCC)CN1CCc2ccccc2CC1. The van der Waals surface area contributed by atoms with E-state index in [9.17, 15) is 0 Å². The van der Waals surface area contributed by atoms with E-state index < -0.39 is 0 Å². The van der Waals surface area contributed by atoms with E-state index in [1.807, 2.05) is 0 Å². The molecule has 0 spiro atoms. The lowest BCUT2D eigenvalue weighted by atomic mass is 10.0. The summed E-state index contributed by atoms with van der Waals surface area (Å²) in [5.74, 6) is 0. The van der Waals surface area contributed by atoms with E-state index in [0.29, 0.717) is 0 Å². The van der Waals surface area contributed by atoms with Crippen LogP contribution in [0, 0.1) is 0 Å². The van der Waals surface area contributed by atoms with E-state index in [2.05, 4.69) is 48.0 Å². The van der Waals surface area contributed by atoms with Crippen molar-refractivity contribution < 1.29 is 0 Å². The molecule has 0 unspecified atom stereocenters. The number of rotatable bonds is 6. The Labute approximate surface area is 117 Å². The van der Waals surface area contributed by atoms with Gasteiger partial charge in [-0.1, -0.05) is 37.8 Å². The Bertz CT molecular complexity index is 384. The third-order valence-electron chi connectivity index (χ3n) is 3.76. The first-order chi connectivity index (χ1) is 9.29. The molecule has 19 heavy (non-hydrogen) atoms. The highest BCUT2D eigenvalue weighted by Crippen LogP contribution is 2.15. The normalized spacial score (nSPS) is 15.8. The minimum Gasteiger partial charge on any atom is -0.313 e. The smallest absolute Gasteiger partial charge is 0.0203 e. The summed E-state index contributed by atoms with van der Waals surface area (Å²) in [5, 5.41) is 3.43. The van der Waals surface area contributed by atoms with Crippen LogP contribution < -0.4 is 5.32 Å². The van der Waals surface area contributed by atoms with Crippen LogP contribution in [-0.4, -0.2) is 37.6 Å². The summed E-state index contributed by atoms with van der Waals surface area (Å²) < 4.78 is 0. The van der Waals surface area contributed by atoms with Crippen LogP contribution in [0.15, 0.2) is 36.4 Å². The van der Waals surface area contributed by atoms with Crippen LogP contribution in [0.2, 0.25) is 0 Å². The summed E-state index contributed by atoms with van der Waals surface area (Å²) in [6.45, 7) is 11.8. The van der Waals surface area contributed by atoms with Crippen LogP contribution in [-0.2, 0) is 12.8 Å². The fourth-order valence-corrected chi connectivity index (χ4v) is 2.69. The zero-order valence-electron chi connectivity index (χ0n) is 12.1. The molecule has 0 saturated heterocycles. The van der Waals surface area contributed by atoms with Crippen molar-refractivity contribution in [1.29, 1.82) is 0 Å². The summed E-state index contributed by atoms with van der Waals surface area (Å²) in [6, 6.07) is 8.86. The Morgan fingerprint density at radius 1 is 1.21 bits per heavy atom. The van der Waals surface area contributed by atoms with Gasteiger partial charge in [0.1, 0.15) is 0 Å². The van der Waals surface area contributed by atoms with Gasteiger partial charge in [0.25, 0.3) is 0 Å². The molecule has 0 aromatic heterocycles. The van der Waals surface area contributed by atoms with Crippen molar-refractivity contribution >= 4 is 0 Å². The van der Waals surface area contributed by atoms with Crippen molar-refractivity contribution in [3.63, 3.8) is 0 Å². The third kappa shape index (κ3) is 4.48. The minimum absolute atomic E-state index is 0.956. The van der Waals surface area contributed by atoms with Gasteiger partial charge in [0, 0.05) is 26.2 Å². The second kappa shape index (κ2) is 7.46. The summed E-state index contributed by atoms with van der Waals surface area (Å²) in [4.78, 5) is 2.54. The molecule has 1 N–H and O–H groups in total. The van der Waals surface area contributed by atoms with E-state index in [1.54, 1.807) is 0 Å². The van der Waals surface area contributed by atoms with Crippen LogP contribution in [0.3, 0.4) is 0 Å². The van der Waals surface area contributed by atoms with Gasteiger partial charge in [0.05, 0.1) is 0 Å². The number of benzene rings is 1. The van der Waals surface area contributed by atoms with Gasteiger partial charge in [-0.25, -0.2) is 0 Å². The molecular formula is C17H26N2. The maximum Gasteiger partial charge on any atom is 0.0203 e. The maximum absolute atomic E-state index is 4.20. The lowest BCUT2D eigenvalue weighted by molar-refractivity contribution is 0.309. The minimum atomic E-state index is 0.956. The molecule has 2 heteroatoms. The highest BCUT2D eigenvalue weighted by Gasteiger charge is 2.13. The van der Waals surface area contributed by atoms with Crippen LogP contribution in [0.4, 0.5) is 0 Å². The highest BCUT2D eigenvalue weighted by molar-refractivity contribution is 5.28. The molecular weight excluding hydrogens is 232 g/mol. The number of fused-ring (bicyclic) bond motifs is 1. The zero-order valence-corrected chi connectivity index (χ0v) is 12.1. The van der Waals surface area contributed by atoms with Crippen LogP contribution in [0.5, 0.6) is 0 Å². The molecule has 0 bridgehead atoms. The fraction of sp³-hybridized carbons (Fsp3) is 0.529. The molecule has 2 rings (SSSR count). The van der Waals surface area contributed by atoms with Crippen molar-refractivity contribution in [2.75, 3.05) is 32.7 Å². The molecule has 1 aliphatic rings. The average molecular weight is 258 g/mol. The zero-order chi connectivity index (χ0) is 13.5. The van der Waals surface area contributed by atoms with Crippen molar-refractivity contribution in [2.24, 2.45) is 0 Å². The monoisotopic (exact) mass is 258 g/mol.